The molecule has 0 radical (unpaired) electrons. The van der Waals surface area contributed by atoms with Crippen molar-refractivity contribution in [3.05, 3.63) is 27.5 Å². The maximum atomic E-state index is 11.3. The van der Waals surface area contributed by atoms with Gasteiger partial charge in [0.1, 0.15) is 17.4 Å². The third-order valence-corrected chi connectivity index (χ3v) is 1.84. The smallest absolute Gasteiger partial charge is 0.339 e. The number of nitroso groups, excluding NO2 is 2. The molecule has 0 spiro atoms. The molecular formula is C9H6N4O4. The molecule has 8 heteroatoms. The van der Waals surface area contributed by atoms with Gasteiger partial charge in [-0.3, -0.25) is 0 Å². The number of rotatable bonds is 4. The van der Waals surface area contributed by atoms with Gasteiger partial charge in [-0.2, -0.15) is 5.26 Å². The number of esters is 1. The molecule has 0 aliphatic rings. The Bertz CT molecular complexity index is 491. The molecule has 2 N–H and O–H groups in total. The van der Waals surface area contributed by atoms with Gasteiger partial charge in [0.05, 0.1) is 11.3 Å². The summed E-state index contributed by atoms with van der Waals surface area (Å²) in [6, 6.07) is 3.70. The third-order valence-electron chi connectivity index (χ3n) is 1.84. The molecule has 0 bridgehead atoms. The number of benzene rings is 1. The van der Waals surface area contributed by atoms with Gasteiger partial charge in [-0.05, 0) is 22.5 Å². The van der Waals surface area contributed by atoms with Crippen molar-refractivity contribution in [2.45, 2.75) is 0 Å². The number of ether oxygens (including phenoxy) is 1. The van der Waals surface area contributed by atoms with Crippen molar-refractivity contribution in [3.63, 3.8) is 0 Å². The van der Waals surface area contributed by atoms with Crippen LogP contribution in [-0.4, -0.2) is 12.6 Å². The Morgan fingerprint density at radius 2 is 1.88 bits per heavy atom. The maximum absolute atomic E-state index is 11.3. The van der Waals surface area contributed by atoms with Gasteiger partial charge in [-0.25, -0.2) is 4.79 Å². The molecule has 1 rings (SSSR count). The Kier molecular flexibility index (Phi) is 3.83. The van der Waals surface area contributed by atoms with Crippen molar-refractivity contribution in [1.82, 2.24) is 0 Å². The molecule has 1 aromatic rings. The minimum atomic E-state index is -0.874. The van der Waals surface area contributed by atoms with E-state index in [9.17, 15) is 14.6 Å². The van der Waals surface area contributed by atoms with Crippen molar-refractivity contribution in [3.8, 4) is 6.07 Å². The Labute approximate surface area is 94.9 Å². The number of carbonyl (C=O) groups excluding carboxylic acids is 1. The van der Waals surface area contributed by atoms with E-state index >= 15 is 0 Å². The van der Waals surface area contributed by atoms with Crippen molar-refractivity contribution in [2.24, 2.45) is 10.4 Å². The molecule has 0 atom stereocenters. The van der Waals surface area contributed by atoms with Crippen LogP contribution in [0.15, 0.2) is 22.5 Å². The first-order chi connectivity index (χ1) is 8.13. The molecule has 0 heterocycles. The monoisotopic (exact) mass is 234 g/mol. The lowest BCUT2D eigenvalue weighted by Crippen LogP contribution is -2.05. The molecule has 8 nitrogen and oxygen atoms in total. The lowest BCUT2D eigenvalue weighted by atomic mass is 10.1. The SMILES string of the molecule is N#CCOC(=O)c1cc(N=O)c(N)c(N=O)c1. The minimum Gasteiger partial charge on any atom is -0.447 e. The fraction of sp³-hybridized carbons (Fsp3) is 0.111. The van der Waals surface area contributed by atoms with E-state index in [0.29, 0.717) is 0 Å². The quantitative estimate of drug-likeness (QED) is 0.478. The predicted molar refractivity (Wildman–Crippen MR) is 57.7 cm³/mol. The van der Waals surface area contributed by atoms with Gasteiger partial charge in [0.25, 0.3) is 0 Å². The average molecular weight is 234 g/mol. The largest absolute Gasteiger partial charge is 0.447 e. The van der Waals surface area contributed by atoms with Crippen LogP contribution in [0.25, 0.3) is 0 Å². The predicted octanol–water partition coefficient (Wildman–Crippen LogP) is 1.74. The molecule has 0 saturated carbocycles. The highest BCUT2D eigenvalue weighted by atomic mass is 16.5. The summed E-state index contributed by atoms with van der Waals surface area (Å²) >= 11 is 0. The van der Waals surface area contributed by atoms with Crippen LogP contribution in [0.4, 0.5) is 17.1 Å². The van der Waals surface area contributed by atoms with E-state index in [1.54, 1.807) is 6.07 Å². The number of hydrogen-bond acceptors (Lipinski definition) is 8. The van der Waals surface area contributed by atoms with Gasteiger partial charge in [0, 0.05) is 0 Å². The Morgan fingerprint density at radius 3 is 2.29 bits per heavy atom. The number of nitrogens with two attached hydrogens (primary N) is 1. The first kappa shape index (κ1) is 12.3. The summed E-state index contributed by atoms with van der Waals surface area (Å²) in [5.41, 5.74) is 4.47. The standard InChI is InChI=1S/C9H6N4O4/c10-1-2-17-9(14)5-3-6(12-15)8(11)7(4-5)13-16/h3-4H,2,11H2. The molecule has 86 valence electrons. The average Bonchev–Trinajstić information content (AvgIpc) is 2.36. The zero-order valence-corrected chi connectivity index (χ0v) is 8.41. The minimum absolute atomic E-state index is 0.126. The lowest BCUT2D eigenvalue weighted by molar-refractivity contribution is 0.0555. The van der Waals surface area contributed by atoms with E-state index in [1.807, 2.05) is 0 Å². The molecule has 0 aromatic heterocycles. The number of nitrogens with zero attached hydrogens (tertiary/aromatic N) is 3. The Morgan fingerprint density at radius 1 is 1.35 bits per heavy atom. The summed E-state index contributed by atoms with van der Waals surface area (Å²) in [5.74, 6) is -0.874. The highest BCUT2D eigenvalue weighted by molar-refractivity contribution is 5.94. The first-order valence-electron chi connectivity index (χ1n) is 4.28. The topological polar surface area (TPSA) is 135 Å². The van der Waals surface area contributed by atoms with Crippen molar-refractivity contribution < 1.29 is 9.53 Å². The molecule has 0 amide bonds. The van der Waals surface area contributed by atoms with E-state index in [2.05, 4.69) is 15.1 Å². The molecule has 0 unspecified atom stereocenters. The van der Waals surface area contributed by atoms with E-state index in [1.165, 1.54) is 0 Å². The zero-order chi connectivity index (χ0) is 12.8. The van der Waals surface area contributed by atoms with Gasteiger partial charge in [-0.1, -0.05) is 0 Å². The number of nitriles is 1. The van der Waals surface area contributed by atoms with Crippen LogP contribution in [0, 0.1) is 21.1 Å². The second-order valence-electron chi connectivity index (χ2n) is 2.84. The summed E-state index contributed by atoms with van der Waals surface area (Å²) in [6.45, 7) is -0.448. The van der Waals surface area contributed by atoms with E-state index in [0.717, 1.165) is 12.1 Å². The van der Waals surface area contributed by atoms with Crippen LogP contribution in [0.2, 0.25) is 0 Å². The van der Waals surface area contributed by atoms with Crippen LogP contribution < -0.4 is 5.73 Å². The number of nitrogen functional groups attached to an aromatic ring is 1. The molecule has 0 aliphatic carbocycles. The van der Waals surface area contributed by atoms with Gasteiger partial charge < -0.3 is 10.5 Å². The van der Waals surface area contributed by atoms with Crippen LogP contribution >= 0.6 is 0 Å². The Balaban J connectivity index is 3.18. The summed E-state index contributed by atoms with van der Waals surface area (Å²) in [5, 5.41) is 13.3. The first-order valence-corrected chi connectivity index (χ1v) is 4.28. The third kappa shape index (κ3) is 2.60. The molecule has 0 saturated heterocycles. The fourth-order valence-electron chi connectivity index (χ4n) is 1.07. The van der Waals surface area contributed by atoms with Crippen molar-refractivity contribution >= 4 is 23.0 Å². The van der Waals surface area contributed by atoms with Gasteiger partial charge >= 0.3 is 5.97 Å². The number of hydrogen-bond donors (Lipinski definition) is 1. The highest BCUT2D eigenvalue weighted by Gasteiger charge is 2.15. The zero-order valence-electron chi connectivity index (χ0n) is 8.41. The van der Waals surface area contributed by atoms with E-state index < -0.39 is 12.6 Å². The van der Waals surface area contributed by atoms with Gasteiger partial charge in [0.2, 0.25) is 0 Å². The van der Waals surface area contributed by atoms with Crippen molar-refractivity contribution in [1.29, 1.82) is 5.26 Å². The number of anilines is 1. The van der Waals surface area contributed by atoms with Gasteiger partial charge in [0.15, 0.2) is 6.61 Å². The fourth-order valence-corrected chi connectivity index (χ4v) is 1.07. The summed E-state index contributed by atoms with van der Waals surface area (Å²) in [4.78, 5) is 32.2. The molecule has 0 aliphatic heterocycles. The normalized spacial score (nSPS) is 9.12. The lowest BCUT2D eigenvalue weighted by Gasteiger charge is -2.04. The maximum Gasteiger partial charge on any atom is 0.339 e. The molecule has 1 aromatic carbocycles. The molecular weight excluding hydrogens is 228 g/mol. The summed E-state index contributed by atoms with van der Waals surface area (Å²) in [6.07, 6.45) is 0. The highest BCUT2D eigenvalue weighted by Crippen LogP contribution is 2.33. The second-order valence-corrected chi connectivity index (χ2v) is 2.84. The second kappa shape index (κ2) is 5.32. The van der Waals surface area contributed by atoms with Crippen LogP contribution in [0.5, 0.6) is 0 Å². The van der Waals surface area contributed by atoms with Crippen LogP contribution in [-0.2, 0) is 4.74 Å². The van der Waals surface area contributed by atoms with Crippen LogP contribution in [0.3, 0.4) is 0 Å². The summed E-state index contributed by atoms with van der Waals surface area (Å²) < 4.78 is 4.49. The Hall–Kier alpha value is -2.82. The summed E-state index contributed by atoms with van der Waals surface area (Å²) in [7, 11) is 0. The van der Waals surface area contributed by atoms with Crippen LogP contribution in [0.1, 0.15) is 10.4 Å². The van der Waals surface area contributed by atoms with Gasteiger partial charge in [-0.15, -0.1) is 9.81 Å². The molecule has 0 fully saturated rings. The number of carbonyl (C=O) groups is 1. The van der Waals surface area contributed by atoms with E-state index in [4.69, 9.17) is 11.0 Å². The van der Waals surface area contributed by atoms with E-state index in [-0.39, 0.29) is 22.6 Å². The van der Waals surface area contributed by atoms with Crippen molar-refractivity contribution in [2.75, 3.05) is 12.3 Å². The molecule has 17 heavy (non-hydrogen) atoms.